The molecular formula is C14H23BrN2. The van der Waals surface area contributed by atoms with E-state index in [1.54, 1.807) is 0 Å². The molecule has 0 aromatic carbocycles. The highest BCUT2D eigenvalue weighted by molar-refractivity contribution is 9.10. The molecule has 0 aliphatic carbocycles. The third-order valence-electron chi connectivity index (χ3n) is 2.90. The molecule has 0 fully saturated rings. The van der Waals surface area contributed by atoms with Crippen LogP contribution < -0.4 is 5.32 Å². The van der Waals surface area contributed by atoms with Gasteiger partial charge in [-0.1, -0.05) is 38.7 Å². The number of nitrogens with zero attached hydrogens (tertiary/aromatic N) is 1. The fourth-order valence-corrected chi connectivity index (χ4v) is 2.19. The van der Waals surface area contributed by atoms with Gasteiger partial charge in [-0.25, -0.2) is 4.98 Å². The number of unbranched alkanes of at least 4 members (excludes halogenated alkanes) is 3. The maximum absolute atomic E-state index is 4.41. The van der Waals surface area contributed by atoms with Gasteiger partial charge in [0.1, 0.15) is 4.60 Å². The van der Waals surface area contributed by atoms with Crippen molar-refractivity contribution in [3.63, 3.8) is 0 Å². The second-order valence-electron chi connectivity index (χ2n) is 4.58. The van der Waals surface area contributed by atoms with Crippen molar-refractivity contribution in [2.45, 2.75) is 58.5 Å². The van der Waals surface area contributed by atoms with Crippen LogP contribution >= 0.6 is 15.9 Å². The van der Waals surface area contributed by atoms with Gasteiger partial charge in [-0.3, -0.25) is 0 Å². The molecule has 2 nitrogen and oxygen atoms in total. The topological polar surface area (TPSA) is 24.9 Å². The minimum absolute atomic E-state index is 0.577. The summed E-state index contributed by atoms with van der Waals surface area (Å²) in [6.45, 7) is 5.36. The number of halogens is 1. The third kappa shape index (κ3) is 6.79. The first kappa shape index (κ1) is 14.7. The molecule has 0 amide bonds. The maximum atomic E-state index is 4.41. The summed E-state index contributed by atoms with van der Waals surface area (Å²) in [6, 6.07) is 6.62. The molecule has 1 aromatic rings. The molecule has 17 heavy (non-hydrogen) atoms. The minimum Gasteiger partial charge on any atom is -0.309 e. The molecule has 1 heterocycles. The number of pyridine rings is 1. The largest absolute Gasteiger partial charge is 0.309 e. The fraction of sp³-hybridized carbons (Fsp3) is 0.643. The molecule has 1 rings (SSSR count). The lowest BCUT2D eigenvalue weighted by molar-refractivity contribution is 0.479. The summed E-state index contributed by atoms with van der Waals surface area (Å²) in [5.74, 6) is 0. The number of rotatable bonds is 8. The van der Waals surface area contributed by atoms with Gasteiger partial charge in [0, 0.05) is 12.6 Å². The van der Waals surface area contributed by atoms with Gasteiger partial charge in [0.25, 0.3) is 0 Å². The van der Waals surface area contributed by atoms with Gasteiger partial charge in [0.05, 0.1) is 5.69 Å². The van der Waals surface area contributed by atoms with E-state index in [1.807, 2.05) is 12.1 Å². The van der Waals surface area contributed by atoms with Crippen LogP contribution in [-0.2, 0) is 6.54 Å². The fourth-order valence-electron chi connectivity index (χ4n) is 1.81. The van der Waals surface area contributed by atoms with Crippen molar-refractivity contribution in [1.29, 1.82) is 0 Å². The Labute approximate surface area is 113 Å². The van der Waals surface area contributed by atoms with Crippen molar-refractivity contribution in [1.82, 2.24) is 10.3 Å². The molecule has 0 radical (unpaired) electrons. The quantitative estimate of drug-likeness (QED) is 0.572. The van der Waals surface area contributed by atoms with E-state index in [4.69, 9.17) is 0 Å². The van der Waals surface area contributed by atoms with Gasteiger partial charge < -0.3 is 5.32 Å². The van der Waals surface area contributed by atoms with Crippen molar-refractivity contribution in [3.8, 4) is 0 Å². The van der Waals surface area contributed by atoms with Crippen LogP contribution in [0.1, 0.15) is 51.6 Å². The highest BCUT2D eigenvalue weighted by Crippen LogP contribution is 2.08. The molecule has 0 aliphatic rings. The van der Waals surface area contributed by atoms with E-state index in [1.165, 1.54) is 32.1 Å². The van der Waals surface area contributed by atoms with Crippen molar-refractivity contribution in [2.24, 2.45) is 0 Å². The third-order valence-corrected chi connectivity index (χ3v) is 3.34. The molecular weight excluding hydrogens is 276 g/mol. The predicted molar refractivity (Wildman–Crippen MR) is 77.0 cm³/mol. The first-order valence-corrected chi connectivity index (χ1v) is 7.36. The lowest BCUT2D eigenvalue weighted by Gasteiger charge is -2.13. The summed E-state index contributed by atoms with van der Waals surface area (Å²) in [7, 11) is 0. The van der Waals surface area contributed by atoms with E-state index in [0.29, 0.717) is 6.04 Å². The highest BCUT2D eigenvalue weighted by Gasteiger charge is 2.02. The lowest BCUT2D eigenvalue weighted by atomic mass is 10.1. The molecule has 96 valence electrons. The van der Waals surface area contributed by atoms with Crippen LogP contribution in [0.3, 0.4) is 0 Å². The van der Waals surface area contributed by atoms with E-state index >= 15 is 0 Å². The van der Waals surface area contributed by atoms with E-state index < -0.39 is 0 Å². The summed E-state index contributed by atoms with van der Waals surface area (Å²) in [5.41, 5.74) is 1.10. The predicted octanol–water partition coefficient (Wildman–Crippen LogP) is 4.29. The Morgan fingerprint density at radius 1 is 1.29 bits per heavy atom. The number of nitrogens with one attached hydrogen (secondary N) is 1. The molecule has 3 heteroatoms. The lowest BCUT2D eigenvalue weighted by Crippen LogP contribution is -2.25. The number of aromatic nitrogens is 1. The smallest absolute Gasteiger partial charge is 0.106 e. The second-order valence-corrected chi connectivity index (χ2v) is 5.40. The molecule has 1 atom stereocenters. The van der Waals surface area contributed by atoms with Gasteiger partial charge in [0.2, 0.25) is 0 Å². The summed E-state index contributed by atoms with van der Waals surface area (Å²) < 4.78 is 0.910. The SMILES string of the molecule is CCCCCCC(C)NCc1cccc(Br)n1. The van der Waals surface area contributed by atoms with Crippen molar-refractivity contribution in [2.75, 3.05) is 0 Å². The Balaban J connectivity index is 2.17. The number of hydrogen-bond acceptors (Lipinski definition) is 2. The Kier molecular flexibility index (Phi) is 7.45. The van der Waals surface area contributed by atoms with Gasteiger partial charge in [-0.2, -0.15) is 0 Å². The maximum Gasteiger partial charge on any atom is 0.106 e. The molecule has 0 bridgehead atoms. The van der Waals surface area contributed by atoms with Crippen molar-refractivity contribution in [3.05, 3.63) is 28.5 Å². The van der Waals surface area contributed by atoms with Crippen LogP contribution in [0.25, 0.3) is 0 Å². The molecule has 0 saturated carbocycles. The average Bonchev–Trinajstić information content (AvgIpc) is 2.32. The van der Waals surface area contributed by atoms with Crippen LogP contribution in [0.4, 0.5) is 0 Å². The van der Waals surface area contributed by atoms with Crippen LogP contribution in [0, 0.1) is 0 Å². The molecule has 0 aliphatic heterocycles. The zero-order chi connectivity index (χ0) is 12.5. The van der Waals surface area contributed by atoms with Gasteiger partial charge in [-0.05, 0) is 41.4 Å². The van der Waals surface area contributed by atoms with Crippen molar-refractivity contribution < 1.29 is 0 Å². The van der Waals surface area contributed by atoms with E-state index in [9.17, 15) is 0 Å². The Bertz CT molecular complexity index is 315. The molecule has 1 unspecified atom stereocenters. The van der Waals surface area contributed by atoms with Crippen LogP contribution in [-0.4, -0.2) is 11.0 Å². The molecule has 1 aromatic heterocycles. The Morgan fingerprint density at radius 3 is 2.82 bits per heavy atom. The summed E-state index contributed by atoms with van der Waals surface area (Å²) in [4.78, 5) is 4.41. The van der Waals surface area contributed by atoms with Gasteiger partial charge in [0.15, 0.2) is 0 Å². The van der Waals surface area contributed by atoms with Gasteiger partial charge >= 0.3 is 0 Å². The van der Waals surface area contributed by atoms with Crippen LogP contribution in [0.2, 0.25) is 0 Å². The average molecular weight is 299 g/mol. The normalized spacial score (nSPS) is 12.6. The standard InChI is InChI=1S/C14H23BrN2/c1-3-4-5-6-8-12(2)16-11-13-9-7-10-14(15)17-13/h7,9-10,12,16H,3-6,8,11H2,1-2H3. The highest BCUT2D eigenvalue weighted by atomic mass is 79.9. The zero-order valence-electron chi connectivity index (χ0n) is 10.9. The van der Waals surface area contributed by atoms with Crippen LogP contribution in [0.5, 0.6) is 0 Å². The van der Waals surface area contributed by atoms with Crippen molar-refractivity contribution >= 4 is 15.9 Å². The Morgan fingerprint density at radius 2 is 2.12 bits per heavy atom. The second kappa shape index (κ2) is 8.65. The molecule has 0 saturated heterocycles. The number of hydrogen-bond donors (Lipinski definition) is 1. The monoisotopic (exact) mass is 298 g/mol. The van der Waals surface area contributed by atoms with E-state index in [0.717, 1.165) is 16.8 Å². The minimum atomic E-state index is 0.577. The summed E-state index contributed by atoms with van der Waals surface area (Å²) >= 11 is 3.39. The van der Waals surface area contributed by atoms with Crippen LogP contribution in [0.15, 0.2) is 22.8 Å². The van der Waals surface area contributed by atoms with E-state index in [2.05, 4.69) is 46.1 Å². The Hall–Kier alpha value is -0.410. The first-order valence-electron chi connectivity index (χ1n) is 6.57. The summed E-state index contributed by atoms with van der Waals surface area (Å²) in [5, 5.41) is 3.52. The molecule has 0 spiro atoms. The summed E-state index contributed by atoms with van der Waals surface area (Å²) in [6.07, 6.45) is 6.61. The van der Waals surface area contributed by atoms with E-state index in [-0.39, 0.29) is 0 Å². The first-order chi connectivity index (χ1) is 8.22. The molecule has 1 N–H and O–H groups in total. The zero-order valence-corrected chi connectivity index (χ0v) is 12.5. The van der Waals surface area contributed by atoms with Gasteiger partial charge in [-0.15, -0.1) is 0 Å².